The van der Waals surface area contributed by atoms with Gasteiger partial charge in [0.15, 0.2) is 0 Å². The summed E-state index contributed by atoms with van der Waals surface area (Å²) in [5.41, 5.74) is 2.60. The molecule has 1 N–H and O–H groups in total. The predicted octanol–water partition coefficient (Wildman–Crippen LogP) is 2.85. The Labute approximate surface area is 108 Å². The molecule has 0 radical (unpaired) electrons. The Morgan fingerprint density at radius 1 is 1.33 bits per heavy atom. The number of hydrogen-bond donors (Lipinski definition) is 1. The number of rotatable bonds is 4. The largest absolute Gasteiger partial charge is 0.306 e. The van der Waals surface area contributed by atoms with Crippen LogP contribution in [0.1, 0.15) is 32.4 Å². The molecule has 96 valence electrons. The Hall–Kier alpha value is -1.35. The van der Waals surface area contributed by atoms with Gasteiger partial charge in [0.25, 0.3) is 0 Å². The van der Waals surface area contributed by atoms with E-state index in [1.807, 2.05) is 11.7 Å². The topological polar surface area (TPSA) is 29.9 Å². The molecular formula is C15H21N3. The second-order valence-corrected chi connectivity index (χ2v) is 5.94. The molecule has 1 aromatic carbocycles. The highest BCUT2D eigenvalue weighted by atomic mass is 15.3. The van der Waals surface area contributed by atoms with E-state index in [9.17, 15) is 0 Å². The van der Waals surface area contributed by atoms with Gasteiger partial charge in [0.2, 0.25) is 0 Å². The van der Waals surface area contributed by atoms with Crippen LogP contribution in [0.3, 0.4) is 0 Å². The smallest absolute Gasteiger partial charge is 0.0841 e. The molecule has 2 aromatic rings. The van der Waals surface area contributed by atoms with E-state index < -0.39 is 0 Å². The van der Waals surface area contributed by atoms with Crippen LogP contribution in [0.5, 0.6) is 0 Å². The molecule has 1 aromatic heterocycles. The van der Waals surface area contributed by atoms with Crippen molar-refractivity contribution in [3.8, 4) is 0 Å². The molecule has 0 unspecified atom stereocenters. The first-order valence-electron chi connectivity index (χ1n) is 6.73. The molecule has 1 aliphatic rings. The quantitative estimate of drug-likeness (QED) is 0.895. The normalized spacial score (nSPS) is 16.4. The fraction of sp³-hybridized carbons (Fsp3) is 0.533. The first-order chi connectivity index (χ1) is 8.58. The van der Waals surface area contributed by atoms with Gasteiger partial charge in [-0.3, -0.25) is 4.68 Å². The summed E-state index contributed by atoms with van der Waals surface area (Å²) < 4.78 is 1.97. The monoisotopic (exact) mass is 243 g/mol. The molecule has 1 heterocycles. The van der Waals surface area contributed by atoms with Crippen molar-refractivity contribution >= 4 is 10.9 Å². The van der Waals surface area contributed by atoms with E-state index in [4.69, 9.17) is 0 Å². The van der Waals surface area contributed by atoms with E-state index in [1.165, 1.54) is 23.7 Å². The fourth-order valence-electron chi connectivity index (χ4n) is 2.68. The number of benzene rings is 1. The first kappa shape index (κ1) is 11.7. The van der Waals surface area contributed by atoms with Crippen LogP contribution < -0.4 is 5.32 Å². The van der Waals surface area contributed by atoms with Gasteiger partial charge in [0, 0.05) is 24.5 Å². The van der Waals surface area contributed by atoms with E-state index in [-0.39, 0.29) is 5.54 Å². The maximum atomic E-state index is 4.63. The lowest BCUT2D eigenvalue weighted by molar-refractivity contribution is 0.337. The molecule has 3 heteroatoms. The van der Waals surface area contributed by atoms with Crippen LogP contribution >= 0.6 is 0 Å². The molecule has 3 nitrogen and oxygen atoms in total. The first-order valence-corrected chi connectivity index (χ1v) is 6.73. The zero-order valence-corrected chi connectivity index (χ0v) is 11.4. The highest BCUT2D eigenvalue weighted by Crippen LogP contribution is 2.39. The number of para-hydroxylation sites is 1. The molecule has 0 atom stereocenters. The van der Waals surface area contributed by atoms with E-state index in [0.717, 1.165) is 18.2 Å². The summed E-state index contributed by atoms with van der Waals surface area (Å²) in [6.45, 7) is 5.45. The molecule has 0 bridgehead atoms. The average Bonchev–Trinajstić information content (AvgIpc) is 3.15. The number of nitrogens with zero attached hydrogens (tertiary/aromatic N) is 2. The van der Waals surface area contributed by atoms with Crippen LogP contribution in [0.2, 0.25) is 0 Å². The van der Waals surface area contributed by atoms with E-state index in [0.29, 0.717) is 0 Å². The third-order valence-corrected chi connectivity index (χ3v) is 4.14. The highest BCUT2D eigenvalue weighted by Gasteiger charge is 2.37. The fourth-order valence-corrected chi connectivity index (χ4v) is 2.68. The van der Waals surface area contributed by atoms with Crippen LogP contribution in [0, 0.1) is 5.92 Å². The number of aryl methyl sites for hydroxylation is 1. The minimum absolute atomic E-state index is 0.235. The number of fused-ring (bicyclic) bond motifs is 1. The number of nitrogens with one attached hydrogen (secondary N) is 1. The molecule has 18 heavy (non-hydrogen) atoms. The van der Waals surface area contributed by atoms with Crippen LogP contribution in [-0.4, -0.2) is 15.3 Å². The molecule has 3 rings (SSSR count). The Bertz CT molecular complexity index is 564. The summed E-state index contributed by atoms with van der Waals surface area (Å²) in [7, 11) is 2.01. The molecule has 1 saturated carbocycles. The maximum Gasteiger partial charge on any atom is 0.0841 e. The Balaban J connectivity index is 1.82. The molecule has 0 amide bonds. The van der Waals surface area contributed by atoms with Crippen molar-refractivity contribution in [2.45, 2.75) is 38.8 Å². The van der Waals surface area contributed by atoms with Crippen LogP contribution in [-0.2, 0) is 13.6 Å². The number of aromatic nitrogens is 2. The van der Waals surface area contributed by atoms with Gasteiger partial charge in [0.1, 0.15) is 0 Å². The SMILES string of the molecule is Cn1nc(CNC(C)(C)C2CC2)c2ccccc21. The van der Waals surface area contributed by atoms with Gasteiger partial charge in [-0.15, -0.1) is 0 Å². The van der Waals surface area contributed by atoms with Gasteiger partial charge in [-0.05, 0) is 38.7 Å². The van der Waals surface area contributed by atoms with Crippen molar-refractivity contribution in [2.75, 3.05) is 0 Å². The van der Waals surface area contributed by atoms with Gasteiger partial charge in [0.05, 0.1) is 11.2 Å². The summed E-state index contributed by atoms with van der Waals surface area (Å²) in [4.78, 5) is 0. The summed E-state index contributed by atoms with van der Waals surface area (Å²) in [5, 5.41) is 9.56. The van der Waals surface area contributed by atoms with Crippen molar-refractivity contribution in [1.82, 2.24) is 15.1 Å². The second kappa shape index (κ2) is 4.09. The standard InChI is InChI=1S/C15H21N3/c1-15(2,11-8-9-11)16-10-13-12-6-4-5-7-14(12)18(3)17-13/h4-7,11,16H,8-10H2,1-3H3. The zero-order chi connectivity index (χ0) is 12.8. The van der Waals surface area contributed by atoms with E-state index in [1.54, 1.807) is 0 Å². The van der Waals surface area contributed by atoms with Gasteiger partial charge < -0.3 is 5.32 Å². The van der Waals surface area contributed by atoms with Crippen molar-refractivity contribution in [3.63, 3.8) is 0 Å². The Kier molecular flexibility index (Phi) is 2.67. The summed E-state index contributed by atoms with van der Waals surface area (Å²) in [6, 6.07) is 8.43. The minimum Gasteiger partial charge on any atom is -0.306 e. The van der Waals surface area contributed by atoms with Gasteiger partial charge >= 0.3 is 0 Å². The zero-order valence-electron chi connectivity index (χ0n) is 11.4. The Morgan fingerprint density at radius 3 is 2.78 bits per heavy atom. The third-order valence-electron chi connectivity index (χ3n) is 4.14. The van der Waals surface area contributed by atoms with Crippen molar-refractivity contribution in [1.29, 1.82) is 0 Å². The van der Waals surface area contributed by atoms with Gasteiger partial charge in [-0.1, -0.05) is 18.2 Å². The lowest BCUT2D eigenvalue weighted by Crippen LogP contribution is -2.40. The van der Waals surface area contributed by atoms with Crippen molar-refractivity contribution in [2.24, 2.45) is 13.0 Å². The van der Waals surface area contributed by atoms with Crippen LogP contribution in [0.25, 0.3) is 10.9 Å². The Morgan fingerprint density at radius 2 is 2.06 bits per heavy atom. The summed E-state index contributed by atoms with van der Waals surface area (Å²) in [6.07, 6.45) is 2.73. The average molecular weight is 243 g/mol. The van der Waals surface area contributed by atoms with Crippen LogP contribution in [0.4, 0.5) is 0 Å². The molecule has 0 saturated heterocycles. The highest BCUT2D eigenvalue weighted by molar-refractivity contribution is 5.81. The maximum absolute atomic E-state index is 4.63. The van der Waals surface area contributed by atoms with Crippen molar-refractivity contribution < 1.29 is 0 Å². The van der Waals surface area contributed by atoms with E-state index >= 15 is 0 Å². The predicted molar refractivity (Wildman–Crippen MR) is 74.4 cm³/mol. The second-order valence-electron chi connectivity index (χ2n) is 5.94. The third kappa shape index (κ3) is 2.03. The van der Waals surface area contributed by atoms with E-state index in [2.05, 4.69) is 48.5 Å². The summed E-state index contributed by atoms with van der Waals surface area (Å²) >= 11 is 0. The van der Waals surface area contributed by atoms with Gasteiger partial charge in [-0.2, -0.15) is 5.10 Å². The molecule has 0 spiro atoms. The molecule has 1 fully saturated rings. The van der Waals surface area contributed by atoms with Crippen LogP contribution in [0.15, 0.2) is 24.3 Å². The molecule has 1 aliphatic carbocycles. The van der Waals surface area contributed by atoms with Gasteiger partial charge in [-0.25, -0.2) is 0 Å². The molecular weight excluding hydrogens is 222 g/mol. The van der Waals surface area contributed by atoms with Crippen molar-refractivity contribution in [3.05, 3.63) is 30.0 Å². The minimum atomic E-state index is 0.235. The summed E-state index contributed by atoms with van der Waals surface area (Å²) in [5.74, 6) is 0.840. The lowest BCUT2D eigenvalue weighted by atomic mass is 9.98. The molecule has 0 aliphatic heterocycles. The lowest BCUT2D eigenvalue weighted by Gasteiger charge is -2.25. The number of hydrogen-bond acceptors (Lipinski definition) is 2.